The van der Waals surface area contributed by atoms with Crippen LogP contribution in [0.2, 0.25) is 0 Å². The molecule has 0 unspecified atom stereocenters. The average Bonchev–Trinajstić information content (AvgIpc) is 2.64. The summed E-state index contributed by atoms with van der Waals surface area (Å²) in [6, 6.07) is 0. The number of nitrogens with one attached hydrogen (secondary N) is 1. The Hall–Kier alpha value is -0.830. The third-order valence-corrected chi connectivity index (χ3v) is 5.81. The van der Waals surface area contributed by atoms with Gasteiger partial charge in [0.05, 0.1) is 26.2 Å². The van der Waals surface area contributed by atoms with E-state index in [1.165, 1.54) is 94.9 Å². The molecule has 0 saturated heterocycles. The SMILES string of the molecule is C=C(C)C(=O)NCCC[N+](CC)(CC)CCCCCCCCCCCC. The van der Waals surface area contributed by atoms with Crippen LogP contribution in [0, 0.1) is 0 Å². The Labute approximate surface area is 164 Å². The van der Waals surface area contributed by atoms with E-state index in [1.807, 2.05) is 0 Å². The first-order valence-corrected chi connectivity index (χ1v) is 11.3. The standard InChI is InChI=1S/C23H46N2O/c1-6-9-10-11-12-13-14-15-16-17-20-25(7-2,8-3)21-18-19-24-23(26)22(4)5/h4,6-21H2,1-3,5H3/p+1. The molecule has 0 fully saturated rings. The summed E-state index contributed by atoms with van der Waals surface area (Å²) in [5, 5.41) is 2.96. The van der Waals surface area contributed by atoms with Crippen LogP contribution in [-0.2, 0) is 4.79 Å². The molecule has 1 amide bonds. The summed E-state index contributed by atoms with van der Waals surface area (Å²) in [5.74, 6) is -0.00853. The van der Waals surface area contributed by atoms with E-state index in [4.69, 9.17) is 0 Å². The lowest BCUT2D eigenvalue weighted by atomic mass is 10.1. The van der Waals surface area contributed by atoms with Gasteiger partial charge in [0.1, 0.15) is 0 Å². The van der Waals surface area contributed by atoms with Crippen LogP contribution in [0.1, 0.15) is 98.3 Å². The van der Waals surface area contributed by atoms with Crippen molar-refractivity contribution < 1.29 is 9.28 Å². The van der Waals surface area contributed by atoms with E-state index >= 15 is 0 Å². The second kappa shape index (κ2) is 16.4. The van der Waals surface area contributed by atoms with Crippen molar-refractivity contribution in [3.8, 4) is 0 Å². The molecule has 26 heavy (non-hydrogen) atoms. The molecule has 154 valence electrons. The number of amides is 1. The minimum Gasteiger partial charge on any atom is -0.352 e. The average molecular weight is 368 g/mol. The smallest absolute Gasteiger partial charge is 0.246 e. The Bertz CT molecular complexity index is 361. The van der Waals surface area contributed by atoms with Gasteiger partial charge in [0, 0.05) is 18.5 Å². The fourth-order valence-corrected chi connectivity index (χ4v) is 3.67. The van der Waals surface area contributed by atoms with Crippen LogP contribution in [0.4, 0.5) is 0 Å². The Morgan fingerprint density at radius 2 is 1.23 bits per heavy atom. The summed E-state index contributed by atoms with van der Waals surface area (Å²) in [4.78, 5) is 11.6. The molecule has 0 spiro atoms. The summed E-state index contributed by atoms with van der Waals surface area (Å²) in [5.41, 5.74) is 0.599. The quantitative estimate of drug-likeness (QED) is 0.184. The number of unbranched alkanes of at least 4 members (excludes halogenated alkanes) is 9. The number of quaternary nitrogens is 1. The zero-order chi connectivity index (χ0) is 19.7. The summed E-state index contributed by atoms with van der Waals surface area (Å²) in [7, 11) is 0. The van der Waals surface area contributed by atoms with Crippen molar-refractivity contribution in [3.63, 3.8) is 0 Å². The van der Waals surface area contributed by atoms with E-state index < -0.39 is 0 Å². The fourth-order valence-electron chi connectivity index (χ4n) is 3.67. The van der Waals surface area contributed by atoms with Gasteiger partial charge < -0.3 is 9.80 Å². The Kier molecular flexibility index (Phi) is 15.8. The number of nitrogens with zero attached hydrogens (tertiary/aromatic N) is 1. The normalized spacial score (nSPS) is 11.5. The second-order valence-corrected chi connectivity index (χ2v) is 7.99. The van der Waals surface area contributed by atoms with Crippen LogP contribution in [-0.4, -0.2) is 43.1 Å². The molecule has 0 aliphatic rings. The van der Waals surface area contributed by atoms with E-state index in [2.05, 4.69) is 32.7 Å². The van der Waals surface area contributed by atoms with Crippen molar-refractivity contribution in [2.45, 2.75) is 98.3 Å². The molecule has 0 rings (SSSR count). The summed E-state index contributed by atoms with van der Waals surface area (Å²) < 4.78 is 1.19. The van der Waals surface area contributed by atoms with E-state index in [1.54, 1.807) is 6.92 Å². The molecule has 0 bridgehead atoms. The van der Waals surface area contributed by atoms with Gasteiger partial charge in [-0.25, -0.2) is 0 Å². The maximum atomic E-state index is 11.6. The molecule has 3 nitrogen and oxygen atoms in total. The molecule has 3 heteroatoms. The highest BCUT2D eigenvalue weighted by atomic mass is 16.1. The van der Waals surface area contributed by atoms with Crippen LogP contribution in [0.15, 0.2) is 12.2 Å². The first-order chi connectivity index (χ1) is 12.5. The first kappa shape index (κ1) is 25.2. The molecule has 0 heterocycles. The van der Waals surface area contributed by atoms with Gasteiger partial charge in [0.15, 0.2) is 0 Å². The lowest BCUT2D eigenvalue weighted by molar-refractivity contribution is -0.925. The van der Waals surface area contributed by atoms with E-state index in [0.717, 1.165) is 13.0 Å². The molecule has 0 aromatic rings. The number of rotatable bonds is 18. The Morgan fingerprint density at radius 3 is 1.69 bits per heavy atom. The molecule has 0 aromatic carbocycles. The predicted octanol–water partition coefficient (Wildman–Crippen LogP) is 5.85. The van der Waals surface area contributed by atoms with Crippen molar-refractivity contribution in [3.05, 3.63) is 12.2 Å². The van der Waals surface area contributed by atoms with Gasteiger partial charge >= 0.3 is 0 Å². The highest BCUT2D eigenvalue weighted by Crippen LogP contribution is 2.14. The molecule has 0 aromatic heterocycles. The van der Waals surface area contributed by atoms with Gasteiger partial charge in [-0.05, 0) is 33.6 Å². The van der Waals surface area contributed by atoms with Crippen LogP contribution < -0.4 is 5.32 Å². The van der Waals surface area contributed by atoms with E-state index in [9.17, 15) is 4.79 Å². The monoisotopic (exact) mass is 367 g/mol. The van der Waals surface area contributed by atoms with Crippen molar-refractivity contribution in [1.82, 2.24) is 5.32 Å². The largest absolute Gasteiger partial charge is 0.352 e. The summed E-state index contributed by atoms with van der Waals surface area (Å²) >= 11 is 0. The Balaban J connectivity index is 3.82. The first-order valence-electron chi connectivity index (χ1n) is 11.3. The van der Waals surface area contributed by atoms with E-state index in [0.29, 0.717) is 5.57 Å². The van der Waals surface area contributed by atoms with Crippen molar-refractivity contribution >= 4 is 5.91 Å². The maximum Gasteiger partial charge on any atom is 0.246 e. The molecule has 0 radical (unpaired) electrons. The number of hydrogen-bond donors (Lipinski definition) is 1. The van der Waals surface area contributed by atoms with Gasteiger partial charge in [-0.2, -0.15) is 0 Å². The zero-order valence-electron chi connectivity index (χ0n) is 18.4. The minimum atomic E-state index is -0.00853. The second-order valence-electron chi connectivity index (χ2n) is 7.99. The molecule has 0 aliphatic heterocycles. The number of hydrogen-bond acceptors (Lipinski definition) is 1. The lowest BCUT2D eigenvalue weighted by Gasteiger charge is -2.37. The molecule has 0 aliphatic carbocycles. The highest BCUT2D eigenvalue weighted by molar-refractivity contribution is 5.91. The van der Waals surface area contributed by atoms with E-state index in [-0.39, 0.29) is 5.91 Å². The fraction of sp³-hybridized carbons (Fsp3) is 0.870. The van der Waals surface area contributed by atoms with Crippen LogP contribution in [0.25, 0.3) is 0 Å². The van der Waals surface area contributed by atoms with Gasteiger partial charge in [-0.15, -0.1) is 0 Å². The van der Waals surface area contributed by atoms with Crippen LogP contribution >= 0.6 is 0 Å². The van der Waals surface area contributed by atoms with Crippen LogP contribution in [0.3, 0.4) is 0 Å². The topological polar surface area (TPSA) is 29.1 Å². The third kappa shape index (κ3) is 12.5. The van der Waals surface area contributed by atoms with Gasteiger partial charge in [-0.1, -0.05) is 64.9 Å². The van der Waals surface area contributed by atoms with Crippen molar-refractivity contribution in [2.24, 2.45) is 0 Å². The van der Waals surface area contributed by atoms with Gasteiger partial charge in [0.2, 0.25) is 5.91 Å². The summed E-state index contributed by atoms with van der Waals surface area (Å²) in [6.45, 7) is 18.0. The molecular weight excluding hydrogens is 320 g/mol. The predicted molar refractivity (Wildman–Crippen MR) is 115 cm³/mol. The number of carbonyl (C=O) groups excluding carboxylic acids is 1. The minimum absolute atomic E-state index is 0.00853. The Morgan fingerprint density at radius 1 is 0.769 bits per heavy atom. The number of carbonyl (C=O) groups is 1. The van der Waals surface area contributed by atoms with Crippen molar-refractivity contribution in [1.29, 1.82) is 0 Å². The third-order valence-electron chi connectivity index (χ3n) is 5.81. The van der Waals surface area contributed by atoms with Crippen LogP contribution in [0.5, 0.6) is 0 Å². The molecule has 0 saturated carbocycles. The van der Waals surface area contributed by atoms with Crippen molar-refractivity contribution in [2.75, 3.05) is 32.7 Å². The lowest BCUT2D eigenvalue weighted by Crippen LogP contribution is -2.49. The molecule has 1 N–H and O–H groups in total. The maximum absolute atomic E-state index is 11.6. The van der Waals surface area contributed by atoms with Gasteiger partial charge in [0.25, 0.3) is 0 Å². The molecular formula is C23H47N2O+. The zero-order valence-corrected chi connectivity index (χ0v) is 18.4. The molecule has 0 atom stereocenters. The highest BCUT2D eigenvalue weighted by Gasteiger charge is 2.21. The summed E-state index contributed by atoms with van der Waals surface area (Å²) in [6.07, 6.45) is 15.0. The van der Waals surface area contributed by atoms with Gasteiger partial charge in [-0.3, -0.25) is 4.79 Å².